The first-order valence-electron chi connectivity index (χ1n) is 8.23. The van der Waals surface area contributed by atoms with Crippen molar-refractivity contribution in [2.45, 2.75) is 30.1 Å². The lowest BCUT2D eigenvalue weighted by molar-refractivity contribution is -0.172. The van der Waals surface area contributed by atoms with Crippen LogP contribution in [0.25, 0.3) is 0 Å². The summed E-state index contributed by atoms with van der Waals surface area (Å²) in [6.07, 6.45) is -3.09. The van der Waals surface area contributed by atoms with Crippen LogP contribution < -0.4 is 5.56 Å². The maximum Gasteiger partial charge on any atom is 0.408 e. The van der Waals surface area contributed by atoms with E-state index in [1.807, 2.05) is 0 Å². The van der Waals surface area contributed by atoms with Crippen molar-refractivity contribution in [3.05, 3.63) is 57.5 Å². The van der Waals surface area contributed by atoms with Crippen molar-refractivity contribution >= 4 is 23.5 Å². The van der Waals surface area contributed by atoms with Crippen molar-refractivity contribution in [2.75, 3.05) is 19.8 Å². The van der Waals surface area contributed by atoms with Gasteiger partial charge in [0, 0.05) is 22.5 Å². The van der Waals surface area contributed by atoms with Gasteiger partial charge in [0.15, 0.2) is 0 Å². The quantitative estimate of drug-likeness (QED) is 0.660. The average molecular weight is 420 g/mol. The lowest BCUT2D eigenvalue weighted by Gasteiger charge is -2.31. The zero-order valence-electron chi connectivity index (χ0n) is 14.3. The van der Waals surface area contributed by atoms with Crippen LogP contribution in [0.1, 0.15) is 24.6 Å². The Bertz CT molecular complexity index is 841. The molecule has 27 heavy (non-hydrogen) atoms. The van der Waals surface area contributed by atoms with Crippen LogP contribution in [0.5, 0.6) is 0 Å². The Hall–Kier alpha value is -1.55. The fourth-order valence-electron chi connectivity index (χ4n) is 2.69. The zero-order chi connectivity index (χ0) is 19.6. The second-order valence-electron chi connectivity index (χ2n) is 5.99. The highest BCUT2D eigenvalue weighted by Gasteiger charge is 2.45. The number of rotatable bonds is 6. The van der Waals surface area contributed by atoms with Gasteiger partial charge >= 0.3 is 6.18 Å². The second kappa shape index (κ2) is 8.22. The van der Waals surface area contributed by atoms with Gasteiger partial charge in [0.2, 0.25) is 0 Å². The van der Waals surface area contributed by atoms with Gasteiger partial charge in [-0.2, -0.15) is 18.3 Å². The molecule has 1 aliphatic heterocycles. The number of benzene rings is 1. The number of hydrogen-bond donors (Lipinski definition) is 0. The molecule has 0 spiro atoms. The molecule has 5 nitrogen and oxygen atoms in total. The summed E-state index contributed by atoms with van der Waals surface area (Å²) < 4.78 is 48.8. The van der Waals surface area contributed by atoms with Crippen LogP contribution >= 0.6 is 23.5 Å². The maximum atomic E-state index is 13.8. The summed E-state index contributed by atoms with van der Waals surface area (Å²) in [6, 6.07) is 4.92. The third-order valence-electron chi connectivity index (χ3n) is 4.09. The first-order valence-corrected chi connectivity index (χ1v) is 9.38. The number of alkyl halides is 3. The molecule has 0 radical (unpaired) electrons. The molecule has 0 amide bonds. The molecule has 0 aliphatic carbocycles. The Morgan fingerprint density at radius 2 is 2.04 bits per heavy atom. The first-order chi connectivity index (χ1) is 12.8. The molecule has 10 heteroatoms. The molecule has 146 valence electrons. The molecule has 1 aromatic carbocycles. The standard InChI is InChI=1S/C17H17ClF3N3O2S/c1-2-23(16(17(19,20)21)11-3-5-12(18)6-4-11)27-14-7-15(25)24(22-8-14)13-9-26-10-13/h3-8,13,16H,2,9-10H2,1H3. The van der Waals surface area contributed by atoms with E-state index in [4.69, 9.17) is 16.3 Å². The van der Waals surface area contributed by atoms with E-state index in [1.54, 1.807) is 6.92 Å². The Balaban J connectivity index is 1.86. The van der Waals surface area contributed by atoms with Gasteiger partial charge < -0.3 is 4.74 Å². The minimum absolute atomic E-state index is 0.0779. The lowest BCUT2D eigenvalue weighted by Crippen LogP contribution is -2.38. The Kier molecular flexibility index (Phi) is 6.15. The molecule has 1 saturated heterocycles. The fraction of sp³-hybridized carbons (Fsp3) is 0.412. The highest BCUT2D eigenvalue weighted by molar-refractivity contribution is 7.97. The molecular weight excluding hydrogens is 403 g/mol. The van der Waals surface area contributed by atoms with Crippen molar-refractivity contribution in [3.8, 4) is 0 Å². The van der Waals surface area contributed by atoms with Gasteiger partial charge in [0.05, 0.1) is 19.4 Å². The summed E-state index contributed by atoms with van der Waals surface area (Å²) in [7, 11) is 0. The molecule has 1 aliphatic rings. The van der Waals surface area contributed by atoms with Crippen molar-refractivity contribution in [1.29, 1.82) is 0 Å². The average Bonchev–Trinajstić information content (AvgIpc) is 2.55. The normalized spacial score (nSPS) is 16.4. The molecule has 3 rings (SSSR count). The van der Waals surface area contributed by atoms with E-state index in [1.165, 1.54) is 45.5 Å². The predicted octanol–water partition coefficient (Wildman–Crippen LogP) is 4.10. The summed E-state index contributed by atoms with van der Waals surface area (Å²) in [4.78, 5) is 12.5. The fourth-order valence-corrected chi connectivity index (χ4v) is 3.81. The van der Waals surface area contributed by atoms with Gasteiger partial charge in [0.1, 0.15) is 12.1 Å². The minimum atomic E-state index is -4.50. The smallest absolute Gasteiger partial charge is 0.377 e. The predicted molar refractivity (Wildman–Crippen MR) is 96.8 cm³/mol. The summed E-state index contributed by atoms with van der Waals surface area (Å²) in [5.74, 6) is 0. The van der Waals surface area contributed by atoms with Crippen molar-refractivity contribution in [2.24, 2.45) is 0 Å². The van der Waals surface area contributed by atoms with E-state index >= 15 is 0 Å². The number of hydrogen-bond acceptors (Lipinski definition) is 5. The monoisotopic (exact) mass is 419 g/mol. The summed E-state index contributed by atoms with van der Waals surface area (Å²) >= 11 is 6.65. The van der Waals surface area contributed by atoms with E-state index in [0.717, 1.165) is 11.9 Å². The van der Waals surface area contributed by atoms with Crippen molar-refractivity contribution < 1.29 is 17.9 Å². The van der Waals surface area contributed by atoms with Crippen molar-refractivity contribution in [1.82, 2.24) is 14.1 Å². The Morgan fingerprint density at radius 1 is 1.37 bits per heavy atom. The minimum Gasteiger partial charge on any atom is -0.377 e. The molecule has 1 aromatic heterocycles. The molecule has 1 atom stereocenters. The highest BCUT2D eigenvalue weighted by Crippen LogP contribution is 2.42. The van der Waals surface area contributed by atoms with Gasteiger partial charge in [-0.25, -0.2) is 8.99 Å². The number of halogens is 4. The molecule has 2 heterocycles. The number of aromatic nitrogens is 2. The summed E-state index contributed by atoms with van der Waals surface area (Å²) in [6.45, 7) is 2.55. The first kappa shape index (κ1) is 20.2. The van der Waals surface area contributed by atoms with Gasteiger partial charge in [0.25, 0.3) is 5.56 Å². The van der Waals surface area contributed by atoms with E-state index in [2.05, 4.69) is 5.10 Å². The highest BCUT2D eigenvalue weighted by atomic mass is 35.5. The van der Waals surface area contributed by atoms with Crippen LogP contribution in [0.2, 0.25) is 5.02 Å². The third kappa shape index (κ3) is 4.66. The van der Waals surface area contributed by atoms with E-state index in [9.17, 15) is 18.0 Å². The van der Waals surface area contributed by atoms with Crippen LogP contribution in [0, 0.1) is 0 Å². The lowest BCUT2D eigenvalue weighted by atomic mass is 10.1. The zero-order valence-corrected chi connectivity index (χ0v) is 15.9. The number of nitrogens with zero attached hydrogens (tertiary/aromatic N) is 3. The van der Waals surface area contributed by atoms with E-state index in [-0.39, 0.29) is 23.7 Å². The topological polar surface area (TPSA) is 47.4 Å². The van der Waals surface area contributed by atoms with Gasteiger partial charge in [-0.15, -0.1) is 0 Å². The van der Waals surface area contributed by atoms with Gasteiger partial charge in [-0.05, 0) is 29.6 Å². The van der Waals surface area contributed by atoms with Crippen LogP contribution in [0.4, 0.5) is 13.2 Å². The van der Waals surface area contributed by atoms with Gasteiger partial charge in [-0.3, -0.25) is 4.79 Å². The molecule has 1 fully saturated rings. The van der Waals surface area contributed by atoms with Gasteiger partial charge in [-0.1, -0.05) is 30.7 Å². The van der Waals surface area contributed by atoms with Crippen LogP contribution in [-0.2, 0) is 4.74 Å². The van der Waals surface area contributed by atoms with Crippen LogP contribution in [-0.4, -0.2) is 40.0 Å². The Labute approximate surface area is 163 Å². The third-order valence-corrected chi connectivity index (χ3v) is 5.47. The maximum absolute atomic E-state index is 13.8. The molecular formula is C17H17ClF3N3O2S. The molecule has 0 bridgehead atoms. The number of ether oxygens (including phenoxy) is 1. The summed E-state index contributed by atoms with van der Waals surface area (Å²) in [5, 5.41) is 4.44. The molecule has 1 unspecified atom stereocenters. The van der Waals surface area contributed by atoms with Crippen LogP contribution in [0.15, 0.2) is 46.2 Å². The SMILES string of the molecule is CCN(Sc1cnn(C2COC2)c(=O)c1)C(c1ccc(Cl)cc1)C(F)(F)F. The second-order valence-corrected chi connectivity index (χ2v) is 7.55. The molecule has 0 saturated carbocycles. The van der Waals surface area contributed by atoms with E-state index in [0.29, 0.717) is 23.1 Å². The largest absolute Gasteiger partial charge is 0.408 e. The van der Waals surface area contributed by atoms with Crippen LogP contribution in [0.3, 0.4) is 0 Å². The molecule has 2 aromatic rings. The van der Waals surface area contributed by atoms with Crippen molar-refractivity contribution in [3.63, 3.8) is 0 Å². The summed E-state index contributed by atoms with van der Waals surface area (Å²) in [5.41, 5.74) is -0.284. The Morgan fingerprint density at radius 3 is 2.52 bits per heavy atom. The van der Waals surface area contributed by atoms with E-state index < -0.39 is 12.2 Å². The molecule has 0 N–H and O–H groups in total.